The number of piperidine rings is 1. The van der Waals surface area contributed by atoms with Crippen molar-refractivity contribution in [3.63, 3.8) is 0 Å². The highest BCUT2D eigenvalue weighted by Gasteiger charge is 2.36. The number of aliphatic hydroxyl groups is 1. The fourth-order valence-electron chi connectivity index (χ4n) is 3.34. The molecule has 1 aliphatic rings. The second-order valence-corrected chi connectivity index (χ2v) is 6.52. The van der Waals surface area contributed by atoms with Gasteiger partial charge in [-0.15, -0.1) is 0 Å². The topological polar surface area (TPSA) is 69.6 Å². The summed E-state index contributed by atoms with van der Waals surface area (Å²) in [5.74, 6) is -0.0898. The third kappa shape index (κ3) is 3.33. The highest BCUT2D eigenvalue weighted by atomic mass is 16.3. The Balaban J connectivity index is 1.87. The number of hydrogen-bond donors (Lipinski definition) is 1. The van der Waals surface area contributed by atoms with Crippen LogP contribution in [0.1, 0.15) is 23.2 Å². The van der Waals surface area contributed by atoms with Gasteiger partial charge < -0.3 is 14.9 Å². The first-order valence-corrected chi connectivity index (χ1v) is 7.85. The predicted octanol–water partition coefficient (Wildman–Crippen LogP) is 1.16. The fourth-order valence-corrected chi connectivity index (χ4v) is 3.34. The quantitative estimate of drug-likeness (QED) is 0.920. The van der Waals surface area contributed by atoms with Gasteiger partial charge in [0, 0.05) is 25.5 Å². The van der Waals surface area contributed by atoms with Crippen molar-refractivity contribution in [2.45, 2.75) is 18.4 Å². The minimum absolute atomic E-state index is 0.0898. The van der Waals surface area contributed by atoms with Crippen molar-refractivity contribution >= 4 is 16.9 Å². The van der Waals surface area contributed by atoms with Gasteiger partial charge in [0.25, 0.3) is 5.91 Å². The van der Waals surface area contributed by atoms with E-state index in [1.807, 2.05) is 31.1 Å². The Kier molecular flexibility index (Phi) is 4.28. The minimum atomic E-state index is -0.853. The second-order valence-electron chi connectivity index (χ2n) is 6.52. The Morgan fingerprint density at radius 3 is 2.91 bits per heavy atom. The molecule has 122 valence electrons. The SMILES string of the molecule is CN(C)CC1(O)CCCN(C(=O)c2cccc3nccnc23)C1. The number of likely N-dealkylation sites (N-methyl/N-ethyl adjacent to an activating group) is 1. The van der Waals surface area contributed by atoms with Crippen LogP contribution in [0.2, 0.25) is 0 Å². The fraction of sp³-hybridized carbons (Fsp3) is 0.471. The third-order valence-corrected chi connectivity index (χ3v) is 4.18. The molecule has 0 aliphatic carbocycles. The van der Waals surface area contributed by atoms with E-state index >= 15 is 0 Å². The Bertz CT molecular complexity index is 713. The lowest BCUT2D eigenvalue weighted by Crippen LogP contribution is -2.54. The van der Waals surface area contributed by atoms with Crippen LogP contribution in [0.3, 0.4) is 0 Å². The molecule has 1 unspecified atom stereocenters. The van der Waals surface area contributed by atoms with Crippen LogP contribution in [0.25, 0.3) is 11.0 Å². The summed E-state index contributed by atoms with van der Waals surface area (Å²) in [6.07, 6.45) is 4.72. The Hall–Kier alpha value is -2.05. The summed E-state index contributed by atoms with van der Waals surface area (Å²) < 4.78 is 0. The summed E-state index contributed by atoms with van der Waals surface area (Å²) in [4.78, 5) is 25.2. The molecule has 1 aliphatic heterocycles. The molecule has 0 spiro atoms. The largest absolute Gasteiger partial charge is 0.387 e. The lowest BCUT2D eigenvalue weighted by molar-refractivity contribution is -0.0391. The first-order chi connectivity index (χ1) is 11.0. The van der Waals surface area contributed by atoms with Gasteiger partial charge in [-0.05, 0) is 39.1 Å². The number of nitrogens with zero attached hydrogens (tertiary/aromatic N) is 4. The zero-order valence-corrected chi connectivity index (χ0v) is 13.6. The van der Waals surface area contributed by atoms with Crippen LogP contribution in [0.5, 0.6) is 0 Å². The molecule has 1 aromatic carbocycles. The van der Waals surface area contributed by atoms with Crippen LogP contribution in [-0.2, 0) is 0 Å². The molecular weight excluding hydrogens is 292 g/mol. The number of carbonyl (C=O) groups excluding carboxylic acids is 1. The van der Waals surface area contributed by atoms with E-state index in [9.17, 15) is 9.90 Å². The highest BCUT2D eigenvalue weighted by molar-refractivity contribution is 6.04. The van der Waals surface area contributed by atoms with Gasteiger partial charge in [0.2, 0.25) is 0 Å². The van der Waals surface area contributed by atoms with Crippen LogP contribution < -0.4 is 0 Å². The maximum Gasteiger partial charge on any atom is 0.256 e. The van der Waals surface area contributed by atoms with Crippen LogP contribution in [0.15, 0.2) is 30.6 Å². The number of rotatable bonds is 3. The average molecular weight is 314 g/mol. The molecular formula is C17H22N4O2. The van der Waals surface area contributed by atoms with Crippen molar-refractivity contribution in [1.82, 2.24) is 19.8 Å². The van der Waals surface area contributed by atoms with Crippen LogP contribution in [-0.4, -0.2) is 70.1 Å². The Labute approximate surface area is 135 Å². The molecule has 0 radical (unpaired) electrons. The molecule has 1 atom stereocenters. The summed E-state index contributed by atoms with van der Waals surface area (Å²) in [5.41, 5.74) is 1.01. The maximum absolute atomic E-state index is 12.9. The van der Waals surface area contributed by atoms with Crippen molar-refractivity contribution < 1.29 is 9.90 Å². The molecule has 1 saturated heterocycles. The number of aromatic nitrogens is 2. The first-order valence-electron chi connectivity index (χ1n) is 7.85. The Morgan fingerprint density at radius 2 is 2.13 bits per heavy atom. The molecule has 0 bridgehead atoms. The normalized spacial score (nSPS) is 21.8. The van der Waals surface area contributed by atoms with Gasteiger partial charge in [0.15, 0.2) is 0 Å². The summed E-state index contributed by atoms with van der Waals surface area (Å²) in [6, 6.07) is 5.44. The standard InChI is InChI=1S/C17H22N4O2/c1-20(2)11-17(23)7-4-10-21(12-17)16(22)13-5-3-6-14-15(13)19-9-8-18-14/h3,5-6,8-9,23H,4,7,10-12H2,1-2H3. The monoisotopic (exact) mass is 314 g/mol. The number of β-amino-alcohol motifs (C(OH)–C–C–N with tert-alkyl or cyclic N) is 1. The number of amides is 1. The molecule has 6 nitrogen and oxygen atoms in total. The number of benzene rings is 1. The second kappa shape index (κ2) is 6.22. The molecule has 6 heteroatoms. The number of hydrogen-bond acceptors (Lipinski definition) is 5. The van der Waals surface area contributed by atoms with Crippen LogP contribution in [0.4, 0.5) is 0 Å². The van der Waals surface area contributed by atoms with Gasteiger partial charge >= 0.3 is 0 Å². The summed E-state index contributed by atoms with van der Waals surface area (Å²) >= 11 is 0. The predicted molar refractivity (Wildman–Crippen MR) is 88.2 cm³/mol. The van der Waals surface area contributed by atoms with Gasteiger partial charge in [0.1, 0.15) is 5.52 Å². The molecule has 1 N–H and O–H groups in total. The molecule has 2 aromatic rings. The van der Waals surface area contributed by atoms with Crippen molar-refractivity contribution in [3.8, 4) is 0 Å². The van der Waals surface area contributed by atoms with E-state index in [-0.39, 0.29) is 5.91 Å². The number of carbonyl (C=O) groups is 1. The molecule has 1 aromatic heterocycles. The van der Waals surface area contributed by atoms with E-state index in [0.717, 1.165) is 6.42 Å². The van der Waals surface area contributed by atoms with Crippen LogP contribution in [0, 0.1) is 0 Å². The van der Waals surface area contributed by atoms with E-state index in [1.54, 1.807) is 23.4 Å². The van der Waals surface area contributed by atoms with Gasteiger partial charge in [-0.25, -0.2) is 0 Å². The third-order valence-electron chi connectivity index (χ3n) is 4.18. The van der Waals surface area contributed by atoms with Crippen molar-refractivity contribution in [3.05, 3.63) is 36.2 Å². The molecule has 1 fully saturated rings. The lowest BCUT2D eigenvalue weighted by Gasteiger charge is -2.40. The number of para-hydroxylation sites is 1. The summed E-state index contributed by atoms with van der Waals surface area (Å²) in [5, 5.41) is 10.8. The molecule has 1 amide bonds. The number of fused-ring (bicyclic) bond motifs is 1. The minimum Gasteiger partial charge on any atom is -0.387 e. The average Bonchev–Trinajstić information content (AvgIpc) is 2.52. The van der Waals surface area contributed by atoms with E-state index in [1.165, 1.54) is 0 Å². The van der Waals surface area contributed by atoms with Gasteiger partial charge in [-0.1, -0.05) is 6.07 Å². The first kappa shape index (κ1) is 15.8. The zero-order valence-electron chi connectivity index (χ0n) is 13.6. The molecule has 2 heterocycles. The molecule has 3 rings (SSSR count). The molecule has 0 saturated carbocycles. The maximum atomic E-state index is 12.9. The number of likely N-dealkylation sites (tertiary alicyclic amines) is 1. The van der Waals surface area contributed by atoms with Crippen molar-refractivity contribution in [2.24, 2.45) is 0 Å². The van der Waals surface area contributed by atoms with Gasteiger partial charge in [0.05, 0.1) is 23.2 Å². The molecule has 23 heavy (non-hydrogen) atoms. The van der Waals surface area contributed by atoms with Gasteiger partial charge in [-0.2, -0.15) is 0 Å². The van der Waals surface area contributed by atoms with Gasteiger partial charge in [-0.3, -0.25) is 14.8 Å². The summed E-state index contributed by atoms with van der Waals surface area (Å²) in [7, 11) is 3.86. The van der Waals surface area contributed by atoms with Crippen LogP contribution >= 0.6 is 0 Å². The smallest absolute Gasteiger partial charge is 0.256 e. The van der Waals surface area contributed by atoms with E-state index in [4.69, 9.17) is 0 Å². The highest BCUT2D eigenvalue weighted by Crippen LogP contribution is 2.24. The van der Waals surface area contributed by atoms with E-state index in [0.29, 0.717) is 42.7 Å². The summed E-state index contributed by atoms with van der Waals surface area (Å²) in [6.45, 7) is 1.55. The van der Waals surface area contributed by atoms with Crippen molar-refractivity contribution in [2.75, 3.05) is 33.7 Å². The van der Waals surface area contributed by atoms with E-state index in [2.05, 4.69) is 9.97 Å². The zero-order chi connectivity index (χ0) is 16.4. The van der Waals surface area contributed by atoms with Crippen molar-refractivity contribution in [1.29, 1.82) is 0 Å². The Morgan fingerprint density at radius 1 is 1.35 bits per heavy atom. The lowest BCUT2D eigenvalue weighted by atomic mass is 9.92. The van der Waals surface area contributed by atoms with E-state index < -0.39 is 5.60 Å².